The zero-order chi connectivity index (χ0) is 22.8. The summed E-state index contributed by atoms with van der Waals surface area (Å²) in [6.07, 6.45) is 3.57. The first kappa shape index (κ1) is 22.5. The maximum absolute atomic E-state index is 13.6. The number of fused-ring (bicyclic) bond motifs is 1. The van der Waals surface area contributed by atoms with E-state index in [0.29, 0.717) is 50.8 Å². The van der Waals surface area contributed by atoms with E-state index in [1.165, 1.54) is 4.90 Å². The second kappa shape index (κ2) is 9.42. The molecule has 0 bridgehead atoms. The van der Waals surface area contributed by atoms with Gasteiger partial charge in [0.15, 0.2) is 4.32 Å². The highest BCUT2D eigenvalue weighted by molar-refractivity contribution is 8.27. The first-order valence-corrected chi connectivity index (χ1v) is 11.5. The Morgan fingerprint density at radius 3 is 2.25 bits per heavy atom. The zero-order valence-electron chi connectivity index (χ0n) is 17.2. The average molecular weight is 482 g/mol. The highest BCUT2D eigenvalue weighted by Crippen LogP contribution is 2.46. The second-order valence-electron chi connectivity index (χ2n) is 7.17. The van der Waals surface area contributed by atoms with Crippen molar-refractivity contribution in [3.8, 4) is 0 Å². The second-order valence-corrected chi connectivity index (χ2v) is 9.22. The molecule has 0 spiro atoms. The van der Waals surface area contributed by atoms with E-state index in [1.807, 2.05) is 29.2 Å². The molecule has 0 saturated carbocycles. The van der Waals surface area contributed by atoms with Gasteiger partial charge in [-0.2, -0.15) is 0 Å². The molecule has 2 aromatic carbocycles. The summed E-state index contributed by atoms with van der Waals surface area (Å²) in [7, 11) is 0. The van der Waals surface area contributed by atoms with Gasteiger partial charge < -0.3 is 0 Å². The van der Waals surface area contributed by atoms with Crippen LogP contribution in [0.5, 0.6) is 0 Å². The minimum absolute atomic E-state index is 0.232. The van der Waals surface area contributed by atoms with Crippen molar-refractivity contribution in [1.29, 1.82) is 0 Å². The lowest BCUT2D eigenvalue weighted by Gasteiger charge is -2.26. The molecule has 1 saturated heterocycles. The number of carbonyl (C=O) groups is 2. The van der Waals surface area contributed by atoms with Crippen LogP contribution in [0.1, 0.15) is 5.56 Å². The number of rotatable bonds is 7. The number of benzene rings is 2. The van der Waals surface area contributed by atoms with Crippen LogP contribution in [0.3, 0.4) is 0 Å². The van der Waals surface area contributed by atoms with Gasteiger partial charge in [0.2, 0.25) is 0 Å². The van der Waals surface area contributed by atoms with Gasteiger partial charge in [-0.25, -0.2) is 0 Å². The molecule has 2 amide bonds. The molecule has 162 valence electrons. The summed E-state index contributed by atoms with van der Waals surface area (Å²) in [5.41, 5.74) is 2.35. The third-order valence-electron chi connectivity index (χ3n) is 5.13. The number of amides is 2. The average Bonchev–Trinajstić information content (AvgIpc) is 3.21. The summed E-state index contributed by atoms with van der Waals surface area (Å²) in [5.74, 6) is -0.578. The summed E-state index contributed by atoms with van der Waals surface area (Å²) in [6.45, 7) is 9.14. The van der Waals surface area contributed by atoms with Crippen LogP contribution in [-0.2, 0) is 9.59 Å². The molecule has 2 aliphatic heterocycles. The van der Waals surface area contributed by atoms with Crippen LogP contribution in [-0.4, -0.2) is 40.8 Å². The molecule has 2 aliphatic rings. The lowest BCUT2D eigenvalue weighted by Crippen LogP contribution is -2.40. The first-order chi connectivity index (χ1) is 15.5. The molecule has 2 aromatic rings. The van der Waals surface area contributed by atoms with E-state index < -0.39 is 0 Å². The molecule has 1 fully saturated rings. The molecule has 0 radical (unpaired) electrons. The number of anilines is 2. The van der Waals surface area contributed by atoms with Gasteiger partial charge in [-0.05, 0) is 18.2 Å². The van der Waals surface area contributed by atoms with Gasteiger partial charge >= 0.3 is 0 Å². The molecule has 4 rings (SSSR count). The van der Waals surface area contributed by atoms with Crippen molar-refractivity contribution in [3.05, 3.63) is 89.3 Å². The molecule has 0 aliphatic carbocycles. The summed E-state index contributed by atoms with van der Waals surface area (Å²) in [6, 6.07) is 14.5. The van der Waals surface area contributed by atoms with Crippen LogP contribution in [0.15, 0.2) is 78.7 Å². The van der Waals surface area contributed by atoms with Crippen LogP contribution in [0, 0.1) is 0 Å². The maximum atomic E-state index is 13.6. The molecular formula is C24H20ClN3O2S2. The quantitative estimate of drug-likeness (QED) is 0.313. The van der Waals surface area contributed by atoms with Crippen LogP contribution >= 0.6 is 35.6 Å². The summed E-state index contributed by atoms with van der Waals surface area (Å²) in [5, 5.41) is 0.416. The number of thioether (sulfide) groups is 1. The van der Waals surface area contributed by atoms with Crippen molar-refractivity contribution >= 4 is 68.7 Å². The largest absolute Gasteiger partial charge is 0.294 e. The van der Waals surface area contributed by atoms with E-state index >= 15 is 0 Å². The molecular weight excluding hydrogens is 462 g/mol. The number of thiocarbonyl (C=S) groups is 1. The molecule has 0 unspecified atom stereocenters. The Hall–Kier alpha value is -2.71. The fourth-order valence-electron chi connectivity index (χ4n) is 3.75. The van der Waals surface area contributed by atoms with Crippen LogP contribution in [0.25, 0.3) is 5.57 Å². The Balaban J connectivity index is 1.77. The Kier molecular flexibility index (Phi) is 6.62. The van der Waals surface area contributed by atoms with Crippen LogP contribution in [0.2, 0.25) is 5.02 Å². The van der Waals surface area contributed by atoms with E-state index in [0.717, 1.165) is 17.4 Å². The molecule has 5 nitrogen and oxygen atoms in total. The Morgan fingerprint density at radius 2 is 1.59 bits per heavy atom. The lowest BCUT2D eigenvalue weighted by molar-refractivity contribution is -0.115. The van der Waals surface area contributed by atoms with Crippen molar-refractivity contribution in [1.82, 2.24) is 4.90 Å². The van der Waals surface area contributed by atoms with E-state index in [9.17, 15) is 9.59 Å². The molecule has 32 heavy (non-hydrogen) atoms. The van der Waals surface area contributed by atoms with Crippen molar-refractivity contribution in [2.24, 2.45) is 0 Å². The first-order valence-electron chi connectivity index (χ1n) is 9.88. The Labute approximate surface area is 201 Å². The highest BCUT2D eigenvalue weighted by atomic mass is 35.5. The molecule has 0 atom stereocenters. The maximum Gasteiger partial charge on any atom is 0.271 e. The van der Waals surface area contributed by atoms with Crippen molar-refractivity contribution in [2.75, 3.05) is 29.6 Å². The van der Waals surface area contributed by atoms with Crippen molar-refractivity contribution in [3.63, 3.8) is 0 Å². The van der Waals surface area contributed by atoms with Crippen molar-refractivity contribution in [2.45, 2.75) is 0 Å². The molecule has 8 heteroatoms. The zero-order valence-corrected chi connectivity index (χ0v) is 19.6. The van der Waals surface area contributed by atoms with Crippen molar-refractivity contribution < 1.29 is 9.59 Å². The van der Waals surface area contributed by atoms with Gasteiger partial charge in [-0.1, -0.05) is 78.1 Å². The topological polar surface area (TPSA) is 43.9 Å². The predicted molar refractivity (Wildman–Crippen MR) is 137 cm³/mol. The summed E-state index contributed by atoms with van der Waals surface area (Å²) >= 11 is 12.9. The van der Waals surface area contributed by atoms with E-state index in [4.69, 9.17) is 23.8 Å². The summed E-state index contributed by atoms with van der Waals surface area (Å²) in [4.78, 5) is 32.5. The van der Waals surface area contributed by atoms with E-state index in [2.05, 4.69) is 13.2 Å². The van der Waals surface area contributed by atoms with Gasteiger partial charge in [0.05, 0.1) is 33.5 Å². The molecule has 0 aromatic heterocycles. The highest BCUT2D eigenvalue weighted by Gasteiger charge is 2.43. The van der Waals surface area contributed by atoms with Crippen LogP contribution < -0.4 is 9.80 Å². The number of halogens is 1. The van der Waals surface area contributed by atoms with E-state index in [-0.39, 0.29) is 11.8 Å². The fourth-order valence-corrected chi connectivity index (χ4v) is 5.33. The fraction of sp³-hybridized carbons (Fsp3) is 0.125. The van der Waals surface area contributed by atoms with Gasteiger partial charge in [-0.15, -0.1) is 13.2 Å². The Morgan fingerprint density at radius 1 is 0.969 bits per heavy atom. The van der Waals surface area contributed by atoms with Gasteiger partial charge in [0.25, 0.3) is 11.8 Å². The number of carbonyl (C=O) groups excluding carboxylic acids is 2. The third kappa shape index (κ3) is 3.93. The normalized spacial score (nSPS) is 18.0. The number of hydrogen-bond acceptors (Lipinski definition) is 5. The number of nitrogens with zero attached hydrogens (tertiary/aromatic N) is 3. The molecule has 0 N–H and O–H groups in total. The summed E-state index contributed by atoms with van der Waals surface area (Å²) < 4.78 is 0.342. The third-order valence-corrected chi connectivity index (χ3v) is 6.82. The smallest absolute Gasteiger partial charge is 0.271 e. The SMILES string of the molecule is C=CCN(CC=C)CN1C(=O)/C(=C2\SC(=S)N(c3ccccc3Cl)C2=O)c2ccccc21. The number of hydrogen-bond donors (Lipinski definition) is 0. The monoisotopic (exact) mass is 481 g/mol. The minimum Gasteiger partial charge on any atom is -0.294 e. The van der Waals surface area contributed by atoms with E-state index in [1.54, 1.807) is 41.3 Å². The minimum atomic E-state index is -0.345. The van der Waals surface area contributed by atoms with Crippen LogP contribution in [0.4, 0.5) is 11.4 Å². The van der Waals surface area contributed by atoms with Gasteiger partial charge in [0.1, 0.15) is 0 Å². The lowest BCUT2D eigenvalue weighted by atomic mass is 10.1. The standard InChI is InChI=1S/C24H20ClN3O2S2/c1-3-13-26(14-4-2)15-27-18-11-7-5-9-16(18)20(22(27)29)21-23(30)28(24(31)32-21)19-12-8-6-10-17(19)25/h3-12H,1-2,13-15H2/b21-20-. The predicted octanol–water partition coefficient (Wildman–Crippen LogP) is 5.09. The van der Waals surface area contributed by atoms with Gasteiger partial charge in [-0.3, -0.25) is 24.3 Å². The van der Waals surface area contributed by atoms with Gasteiger partial charge in [0, 0.05) is 18.7 Å². The Bertz CT molecular complexity index is 1170. The number of para-hydroxylation sites is 2. The molecule has 2 heterocycles.